The van der Waals surface area contributed by atoms with E-state index in [2.05, 4.69) is 22.8 Å². The molecule has 0 spiro atoms. The standard InChI is InChI=1S/C16H13N5O/c1-2-7-22-15-6-4-3-5-12(15)11(9-17)8-14-13(10-18)16(19)21-20-14/h2-6,8H,1,7H2,(H3,19,20,21)/b11-8+. The zero-order valence-corrected chi connectivity index (χ0v) is 11.7. The fraction of sp³-hybridized carbons (Fsp3) is 0.0625. The zero-order chi connectivity index (χ0) is 15.9. The number of ether oxygens (including phenoxy) is 1. The first-order valence-electron chi connectivity index (χ1n) is 6.40. The fourth-order valence-electron chi connectivity index (χ4n) is 1.87. The summed E-state index contributed by atoms with van der Waals surface area (Å²) in [6.45, 7) is 3.93. The number of H-pyrrole nitrogens is 1. The number of aromatic nitrogens is 2. The molecule has 0 atom stereocenters. The first-order valence-corrected chi connectivity index (χ1v) is 6.40. The van der Waals surface area contributed by atoms with E-state index in [9.17, 15) is 5.26 Å². The molecule has 0 fully saturated rings. The van der Waals surface area contributed by atoms with Gasteiger partial charge in [-0.25, -0.2) is 0 Å². The molecular formula is C16H13N5O. The Labute approximate surface area is 127 Å². The molecule has 0 aliphatic rings. The van der Waals surface area contributed by atoms with Gasteiger partial charge in [-0.2, -0.15) is 15.6 Å². The second kappa shape index (κ2) is 6.78. The number of anilines is 1. The van der Waals surface area contributed by atoms with E-state index in [4.69, 9.17) is 15.7 Å². The molecule has 0 bridgehead atoms. The number of nitrogens with one attached hydrogen (secondary N) is 1. The minimum Gasteiger partial charge on any atom is -0.489 e. The van der Waals surface area contributed by atoms with Crippen LogP contribution < -0.4 is 10.5 Å². The molecule has 6 nitrogen and oxygen atoms in total. The Morgan fingerprint density at radius 2 is 2.18 bits per heavy atom. The van der Waals surface area contributed by atoms with Crippen LogP contribution in [0.4, 0.5) is 5.82 Å². The van der Waals surface area contributed by atoms with E-state index in [-0.39, 0.29) is 11.4 Å². The Bertz CT molecular complexity index is 805. The van der Waals surface area contributed by atoms with Crippen LogP contribution in [0, 0.1) is 22.7 Å². The van der Waals surface area contributed by atoms with E-state index in [0.29, 0.717) is 29.2 Å². The highest BCUT2D eigenvalue weighted by Crippen LogP contribution is 2.28. The maximum absolute atomic E-state index is 9.42. The van der Waals surface area contributed by atoms with Crippen molar-refractivity contribution >= 4 is 17.5 Å². The minimum atomic E-state index is 0.0993. The minimum absolute atomic E-state index is 0.0993. The summed E-state index contributed by atoms with van der Waals surface area (Å²) in [7, 11) is 0. The highest BCUT2D eigenvalue weighted by molar-refractivity contribution is 5.92. The predicted molar refractivity (Wildman–Crippen MR) is 83.3 cm³/mol. The van der Waals surface area contributed by atoms with Gasteiger partial charge >= 0.3 is 0 Å². The van der Waals surface area contributed by atoms with Gasteiger partial charge in [-0.1, -0.05) is 24.8 Å². The molecule has 0 aliphatic carbocycles. The van der Waals surface area contributed by atoms with Crippen molar-refractivity contribution in [3.05, 3.63) is 53.7 Å². The Hall–Kier alpha value is -3.51. The van der Waals surface area contributed by atoms with Crippen LogP contribution in [-0.2, 0) is 0 Å². The monoisotopic (exact) mass is 291 g/mol. The summed E-state index contributed by atoms with van der Waals surface area (Å²) >= 11 is 0. The van der Waals surface area contributed by atoms with Gasteiger partial charge in [-0.15, -0.1) is 0 Å². The molecule has 1 aromatic carbocycles. The lowest BCUT2D eigenvalue weighted by atomic mass is 10.0. The van der Waals surface area contributed by atoms with Crippen molar-refractivity contribution in [3.8, 4) is 17.9 Å². The van der Waals surface area contributed by atoms with E-state index in [1.54, 1.807) is 24.3 Å². The SMILES string of the molecule is C=CCOc1ccccc1/C(C#N)=C/c1[nH]nc(N)c1C#N. The summed E-state index contributed by atoms with van der Waals surface area (Å²) in [5, 5.41) is 24.9. The number of hydrogen-bond acceptors (Lipinski definition) is 5. The van der Waals surface area contributed by atoms with Gasteiger partial charge in [0.05, 0.1) is 17.3 Å². The molecule has 108 valence electrons. The zero-order valence-electron chi connectivity index (χ0n) is 11.7. The van der Waals surface area contributed by atoms with E-state index in [1.807, 2.05) is 12.1 Å². The molecule has 6 heteroatoms. The molecule has 2 rings (SSSR count). The number of nitriles is 2. The van der Waals surface area contributed by atoms with Gasteiger partial charge in [0.1, 0.15) is 24.0 Å². The number of aromatic amines is 1. The lowest BCUT2D eigenvalue weighted by molar-refractivity contribution is 0.362. The second-order valence-corrected chi connectivity index (χ2v) is 4.27. The van der Waals surface area contributed by atoms with Gasteiger partial charge in [0.25, 0.3) is 0 Å². The number of nitrogens with zero attached hydrogens (tertiary/aromatic N) is 3. The average molecular weight is 291 g/mol. The molecule has 1 aromatic heterocycles. The number of nitrogen functional groups attached to an aromatic ring is 1. The Balaban J connectivity index is 2.49. The maximum atomic E-state index is 9.42. The Morgan fingerprint density at radius 1 is 1.41 bits per heavy atom. The van der Waals surface area contributed by atoms with Gasteiger partial charge in [0.2, 0.25) is 0 Å². The quantitative estimate of drug-likeness (QED) is 0.649. The van der Waals surface area contributed by atoms with E-state index >= 15 is 0 Å². The highest BCUT2D eigenvalue weighted by atomic mass is 16.5. The molecule has 0 unspecified atom stereocenters. The number of allylic oxidation sites excluding steroid dienone is 1. The van der Waals surface area contributed by atoms with Crippen molar-refractivity contribution in [1.29, 1.82) is 10.5 Å². The molecule has 22 heavy (non-hydrogen) atoms. The lowest BCUT2D eigenvalue weighted by Crippen LogP contribution is -1.96. The number of nitrogens with two attached hydrogens (primary N) is 1. The van der Waals surface area contributed by atoms with Gasteiger partial charge < -0.3 is 10.5 Å². The average Bonchev–Trinajstić information content (AvgIpc) is 2.90. The summed E-state index contributed by atoms with van der Waals surface area (Å²) in [6, 6.07) is 11.2. The molecule has 0 amide bonds. The molecule has 0 aliphatic heterocycles. The lowest BCUT2D eigenvalue weighted by Gasteiger charge is -2.08. The summed E-state index contributed by atoms with van der Waals surface area (Å²) in [6.07, 6.45) is 3.15. The Morgan fingerprint density at radius 3 is 2.86 bits per heavy atom. The molecule has 1 heterocycles. The van der Waals surface area contributed by atoms with Crippen LogP contribution in [-0.4, -0.2) is 16.8 Å². The third kappa shape index (κ3) is 2.97. The normalized spacial score (nSPS) is 10.5. The van der Waals surface area contributed by atoms with Crippen molar-refractivity contribution in [2.24, 2.45) is 0 Å². The molecule has 0 saturated carbocycles. The molecular weight excluding hydrogens is 278 g/mol. The molecule has 2 aromatic rings. The Kier molecular flexibility index (Phi) is 4.59. The summed E-state index contributed by atoms with van der Waals surface area (Å²) in [5.74, 6) is 0.656. The van der Waals surface area contributed by atoms with E-state index < -0.39 is 0 Å². The van der Waals surface area contributed by atoms with Crippen LogP contribution in [0.2, 0.25) is 0 Å². The van der Waals surface area contributed by atoms with E-state index in [1.165, 1.54) is 6.08 Å². The second-order valence-electron chi connectivity index (χ2n) is 4.27. The summed E-state index contributed by atoms with van der Waals surface area (Å²) in [4.78, 5) is 0. The summed E-state index contributed by atoms with van der Waals surface area (Å²) < 4.78 is 5.54. The van der Waals surface area contributed by atoms with Crippen LogP contribution in [0.5, 0.6) is 5.75 Å². The smallest absolute Gasteiger partial charge is 0.163 e. The van der Waals surface area contributed by atoms with Crippen molar-refractivity contribution in [2.45, 2.75) is 0 Å². The molecule has 0 radical (unpaired) electrons. The van der Waals surface area contributed by atoms with Crippen molar-refractivity contribution in [1.82, 2.24) is 10.2 Å². The van der Waals surface area contributed by atoms with Gasteiger partial charge in [0, 0.05) is 5.56 Å². The van der Waals surface area contributed by atoms with Crippen molar-refractivity contribution in [3.63, 3.8) is 0 Å². The third-order valence-corrected chi connectivity index (χ3v) is 2.88. The first-order chi connectivity index (χ1) is 10.7. The van der Waals surface area contributed by atoms with Gasteiger partial charge in [-0.3, -0.25) is 5.10 Å². The van der Waals surface area contributed by atoms with Crippen LogP contribution in [0.1, 0.15) is 16.8 Å². The number of benzene rings is 1. The third-order valence-electron chi connectivity index (χ3n) is 2.88. The van der Waals surface area contributed by atoms with Crippen LogP contribution in [0.3, 0.4) is 0 Å². The summed E-state index contributed by atoms with van der Waals surface area (Å²) in [5.41, 5.74) is 7.13. The predicted octanol–water partition coefficient (Wildman–Crippen LogP) is 2.49. The van der Waals surface area contributed by atoms with Crippen LogP contribution in [0.25, 0.3) is 11.6 Å². The number of rotatable bonds is 5. The van der Waals surface area contributed by atoms with Gasteiger partial charge in [0.15, 0.2) is 5.82 Å². The van der Waals surface area contributed by atoms with E-state index in [0.717, 1.165) is 0 Å². The van der Waals surface area contributed by atoms with Crippen LogP contribution >= 0.6 is 0 Å². The van der Waals surface area contributed by atoms with Gasteiger partial charge in [-0.05, 0) is 18.2 Å². The number of para-hydroxylation sites is 1. The topological polar surface area (TPSA) is 112 Å². The van der Waals surface area contributed by atoms with Crippen molar-refractivity contribution in [2.75, 3.05) is 12.3 Å². The first kappa shape index (κ1) is 14.9. The fourth-order valence-corrected chi connectivity index (χ4v) is 1.87. The van der Waals surface area contributed by atoms with Crippen LogP contribution in [0.15, 0.2) is 36.9 Å². The highest BCUT2D eigenvalue weighted by Gasteiger charge is 2.12. The number of hydrogen-bond donors (Lipinski definition) is 2. The largest absolute Gasteiger partial charge is 0.489 e. The maximum Gasteiger partial charge on any atom is 0.163 e. The molecule has 3 N–H and O–H groups in total. The molecule has 0 saturated heterocycles. The van der Waals surface area contributed by atoms with Crippen molar-refractivity contribution < 1.29 is 4.74 Å².